The number of H-pyrrole nitrogens is 1. The number of benzene rings is 1. The van der Waals surface area contributed by atoms with Crippen molar-refractivity contribution in [2.75, 3.05) is 20.6 Å². The second-order valence-corrected chi connectivity index (χ2v) is 5.06. The maximum Gasteiger partial charge on any atom is 0.193 e. The van der Waals surface area contributed by atoms with Crippen LogP contribution in [0.1, 0.15) is 25.5 Å². The Bertz CT molecular complexity index is 538. The monoisotopic (exact) mass is 272 g/mol. The summed E-state index contributed by atoms with van der Waals surface area (Å²) in [6.07, 6.45) is 2.38. The van der Waals surface area contributed by atoms with Gasteiger partial charge in [-0.05, 0) is 23.9 Å². The SMILES string of the molecule is CCCCN(C)C(=NC)NCc1cc2ccccc2[nH]1. The molecule has 2 N–H and O–H groups in total. The van der Waals surface area contributed by atoms with Crippen LogP contribution in [0.3, 0.4) is 0 Å². The molecule has 0 aliphatic heterocycles. The highest BCUT2D eigenvalue weighted by Gasteiger charge is 2.06. The Morgan fingerprint density at radius 3 is 2.85 bits per heavy atom. The lowest BCUT2D eigenvalue weighted by Crippen LogP contribution is -2.39. The fourth-order valence-corrected chi connectivity index (χ4v) is 2.29. The average molecular weight is 272 g/mol. The van der Waals surface area contributed by atoms with Crippen molar-refractivity contribution in [3.63, 3.8) is 0 Å². The number of aromatic amines is 1. The van der Waals surface area contributed by atoms with Crippen LogP contribution in [0.15, 0.2) is 35.3 Å². The number of aromatic nitrogens is 1. The lowest BCUT2D eigenvalue weighted by atomic mass is 10.2. The highest BCUT2D eigenvalue weighted by atomic mass is 15.3. The third-order valence-corrected chi connectivity index (χ3v) is 3.44. The van der Waals surface area contributed by atoms with Gasteiger partial charge in [0.25, 0.3) is 0 Å². The van der Waals surface area contributed by atoms with Gasteiger partial charge in [-0.25, -0.2) is 0 Å². The van der Waals surface area contributed by atoms with Gasteiger partial charge in [-0.2, -0.15) is 0 Å². The predicted molar refractivity (Wildman–Crippen MR) is 86.0 cm³/mol. The van der Waals surface area contributed by atoms with Crippen molar-refractivity contribution < 1.29 is 0 Å². The number of hydrogen-bond donors (Lipinski definition) is 2. The number of hydrogen-bond acceptors (Lipinski definition) is 1. The minimum absolute atomic E-state index is 0.762. The van der Waals surface area contributed by atoms with Gasteiger partial charge in [-0.3, -0.25) is 4.99 Å². The number of unbranched alkanes of at least 4 members (excludes halogenated alkanes) is 1. The zero-order valence-corrected chi connectivity index (χ0v) is 12.6. The maximum absolute atomic E-state index is 4.33. The molecule has 0 saturated heterocycles. The van der Waals surface area contributed by atoms with E-state index in [1.165, 1.54) is 29.4 Å². The van der Waals surface area contributed by atoms with E-state index in [0.717, 1.165) is 19.0 Å². The molecule has 4 heteroatoms. The van der Waals surface area contributed by atoms with Crippen molar-refractivity contribution in [1.82, 2.24) is 15.2 Å². The fraction of sp³-hybridized carbons (Fsp3) is 0.438. The largest absolute Gasteiger partial charge is 0.357 e. The van der Waals surface area contributed by atoms with E-state index in [-0.39, 0.29) is 0 Å². The van der Waals surface area contributed by atoms with E-state index in [1.54, 1.807) is 0 Å². The molecule has 0 amide bonds. The van der Waals surface area contributed by atoms with Crippen molar-refractivity contribution in [3.05, 3.63) is 36.0 Å². The maximum atomic E-state index is 4.33. The van der Waals surface area contributed by atoms with Crippen LogP contribution in [0.2, 0.25) is 0 Å². The highest BCUT2D eigenvalue weighted by molar-refractivity contribution is 5.81. The Hall–Kier alpha value is -1.97. The molecule has 0 saturated carbocycles. The zero-order valence-electron chi connectivity index (χ0n) is 12.6. The number of nitrogens with zero attached hydrogens (tertiary/aromatic N) is 2. The topological polar surface area (TPSA) is 43.4 Å². The Kier molecular flexibility index (Phi) is 5.04. The predicted octanol–water partition coefficient (Wildman–Crippen LogP) is 2.98. The molecule has 0 aliphatic rings. The Morgan fingerprint density at radius 2 is 2.15 bits per heavy atom. The van der Waals surface area contributed by atoms with E-state index in [1.807, 2.05) is 13.1 Å². The van der Waals surface area contributed by atoms with Crippen molar-refractivity contribution in [3.8, 4) is 0 Å². The Morgan fingerprint density at radius 1 is 1.35 bits per heavy atom. The molecule has 1 aromatic carbocycles. The number of aliphatic imine (C=N–C) groups is 1. The molecule has 20 heavy (non-hydrogen) atoms. The van der Waals surface area contributed by atoms with Crippen molar-refractivity contribution in [2.24, 2.45) is 4.99 Å². The molecule has 0 radical (unpaired) electrons. The number of fused-ring (bicyclic) bond motifs is 1. The second-order valence-electron chi connectivity index (χ2n) is 5.06. The van der Waals surface area contributed by atoms with Gasteiger partial charge < -0.3 is 15.2 Å². The molecule has 2 rings (SSSR count). The lowest BCUT2D eigenvalue weighted by molar-refractivity contribution is 0.464. The minimum atomic E-state index is 0.762. The van der Waals surface area contributed by atoms with Crippen LogP contribution in [0.25, 0.3) is 10.9 Å². The molecular formula is C16H24N4. The first-order valence-corrected chi connectivity index (χ1v) is 7.23. The summed E-state index contributed by atoms with van der Waals surface area (Å²) in [5.74, 6) is 0.942. The van der Waals surface area contributed by atoms with Gasteiger partial charge in [0.05, 0.1) is 6.54 Å². The molecule has 0 unspecified atom stereocenters. The molecule has 1 aromatic heterocycles. The average Bonchev–Trinajstić information content (AvgIpc) is 2.88. The van der Waals surface area contributed by atoms with Crippen molar-refractivity contribution in [1.29, 1.82) is 0 Å². The molecule has 1 heterocycles. The smallest absolute Gasteiger partial charge is 0.193 e. The normalized spacial score (nSPS) is 11.8. The summed E-state index contributed by atoms with van der Waals surface area (Å²) < 4.78 is 0. The van der Waals surface area contributed by atoms with Crippen LogP contribution in [0.4, 0.5) is 0 Å². The molecule has 0 atom stereocenters. The van der Waals surface area contributed by atoms with E-state index < -0.39 is 0 Å². The van der Waals surface area contributed by atoms with Crippen LogP contribution in [-0.2, 0) is 6.54 Å². The quantitative estimate of drug-likeness (QED) is 0.649. The molecule has 2 aromatic rings. The van der Waals surface area contributed by atoms with Gasteiger partial charge in [-0.15, -0.1) is 0 Å². The summed E-state index contributed by atoms with van der Waals surface area (Å²) in [7, 11) is 3.91. The van der Waals surface area contributed by atoms with Crippen LogP contribution in [0, 0.1) is 0 Å². The van der Waals surface area contributed by atoms with Gasteiger partial charge in [-0.1, -0.05) is 31.5 Å². The molecule has 0 spiro atoms. The second kappa shape index (κ2) is 6.98. The van der Waals surface area contributed by atoms with Crippen molar-refractivity contribution >= 4 is 16.9 Å². The number of para-hydroxylation sites is 1. The van der Waals surface area contributed by atoms with E-state index >= 15 is 0 Å². The summed E-state index contributed by atoms with van der Waals surface area (Å²) in [6.45, 7) is 4.00. The molecular weight excluding hydrogens is 248 g/mol. The summed E-state index contributed by atoms with van der Waals surface area (Å²) in [5.41, 5.74) is 2.36. The molecule has 4 nitrogen and oxygen atoms in total. The summed E-state index contributed by atoms with van der Waals surface area (Å²) >= 11 is 0. The molecule has 0 fully saturated rings. The minimum Gasteiger partial charge on any atom is -0.357 e. The van der Waals surface area contributed by atoms with E-state index in [2.05, 4.69) is 58.4 Å². The summed E-state index contributed by atoms with van der Waals surface area (Å²) in [4.78, 5) is 9.92. The first-order chi connectivity index (χ1) is 9.74. The lowest BCUT2D eigenvalue weighted by Gasteiger charge is -2.21. The first kappa shape index (κ1) is 14.4. The highest BCUT2D eigenvalue weighted by Crippen LogP contribution is 2.14. The van der Waals surface area contributed by atoms with Gasteiger partial charge in [0.15, 0.2) is 5.96 Å². The van der Waals surface area contributed by atoms with Gasteiger partial charge in [0, 0.05) is 31.9 Å². The number of rotatable bonds is 5. The number of nitrogens with one attached hydrogen (secondary N) is 2. The third kappa shape index (κ3) is 3.53. The van der Waals surface area contributed by atoms with E-state index in [4.69, 9.17) is 0 Å². The summed E-state index contributed by atoms with van der Waals surface area (Å²) in [5, 5.41) is 4.65. The summed E-state index contributed by atoms with van der Waals surface area (Å²) in [6, 6.07) is 10.5. The third-order valence-electron chi connectivity index (χ3n) is 3.44. The molecule has 0 bridgehead atoms. The molecule has 108 valence electrons. The zero-order chi connectivity index (χ0) is 14.4. The van der Waals surface area contributed by atoms with Crippen molar-refractivity contribution in [2.45, 2.75) is 26.3 Å². The van der Waals surface area contributed by atoms with E-state index in [9.17, 15) is 0 Å². The number of guanidine groups is 1. The fourth-order valence-electron chi connectivity index (χ4n) is 2.29. The first-order valence-electron chi connectivity index (χ1n) is 7.23. The Balaban J connectivity index is 1.96. The standard InChI is InChI=1S/C16H24N4/c1-4-5-10-20(3)16(17-2)18-12-14-11-13-8-6-7-9-15(13)19-14/h6-9,11,19H,4-5,10,12H2,1-3H3,(H,17,18). The van der Waals surface area contributed by atoms with Crippen LogP contribution in [-0.4, -0.2) is 36.5 Å². The van der Waals surface area contributed by atoms with Crippen LogP contribution < -0.4 is 5.32 Å². The van der Waals surface area contributed by atoms with Crippen LogP contribution in [0.5, 0.6) is 0 Å². The van der Waals surface area contributed by atoms with Gasteiger partial charge in [0.1, 0.15) is 0 Å². The van der Waals surface area contributed by atoms with Gasteiger partial charge >= 0.3 is 0 Å². The molecule has 0 aliphatic carbocycles. The van der Waals surface area contributed by atoms with Gasteiger partial charge in [0.2, 0.25) is 0 Å². The van der Waals surface area contributed by atoms with E-state index in [0.29, 0.717) is 0 Å². The van der Waals surface area contributed by atoms with Crippen LogP contribution >= 0.6 is 0 Å². The Labute approximate surface area is 120 Å².